The maximum atomic E-state index is 10.1. The molecule has 5 nitrogen and oxygen atoms in total. The van der Waals surface area contributed by atoms with Crippen molar-refractivity contribution < 1.29 is 14.3 Å². The molecule has 1 aliphatic heterocycles. The monoisotopic (exact) mass is 378 g/mol. The standard InChI is InChI=1S/C20H30N2O3S/c1-16-4-6-18(26-16)15-22(9-8-21-10-12-24-13-11-21)14-17-5-7-19(25-17)20(2,3)23/h4-7,23H,8-15H2,1-3H3. The third kappa shape index (κ3) is 5.66. The van der Waals surface area contributed by atoms with E-state index in [1.54, 1.807) is 13.8 Å². The molecule has 1 saturated heterocycles. The van der Waals surface area contributed by atoms with Crippen molar-refractivity contribution in [2.75, 3.05) is 39.4 Å². The second-order valence-corrected chi connectivity index (χ2v) is 8.87. The molecule has 1 aliphatic rings. The van der Waals surface area contributed by atoms with E-state index >= 15 is 0 Å². The van der Waals surface area contributed by atoms with Crippen LogP contribution < -0.4 is 0 Å². The molecule has 0 unspecified atom stereocenters. The average molecular weight is 379 g/mol. The maximum Gasteiger partial charge on any atom is 0.135 e. The summed E-state index contributed by atoms with van der Waals surface area (Å²) in [5.74, 6) is 1.52. The van der Waals surface area contributed by atoms with Crippen molar-refractivity contribution >= 4 is 11.3 Å². The highest BCUT2D eigenvalue weighted by molar-refractivity contribution is 7.11. The second kappa shape index (κ2) is 8.67. The third-order valence-corrected chi connectivity index (χ3v) is 5.64. The van der Waals surface area contributed by atoms with Gasteiger partial charge < -0.3 is 14.3 Å². The third-order valence-electron chi connectivity index (χ3n) is 4.66. The van der Waals surface area contributed by atoms with E-state index in [1.165, 1.54) is 9.75 Å². The molecule has 0 atom stereocenters. The molecule has 0 amide bonds. The van der Waals surface area contributed by atoms with Gasteiger partial charge in [0.05, 0.1) is 19.8 Å². The number of aryl methyl sites for hydroxylation is 1. The Balaban J connectivity index is 1.64. The molecule has 0 saturated carbocycles. The first kappa shape index (κ1) is 19.6. The molecule has 0 radical (unpaired) electrons. The maximum absolute atomic E-state index is 10.1. The predicted octanol–water partition coefficient (Wildman–Crippen LogP) is 3.21. The molecular weight excluding hydrogens is 348 g/mol. The average Bonchev–Trinajstić information content (AvgIpc) is 3.22. The van der Waals surface area contributed by atoms with Gasteiger partial charge in [-0.1, -0.05) is 0 Å². The number of aliphatic hydroxyl groups is 1. The Morgan fingerprint density at radius 2 is 1.92 bits per heavy atom. The van der Waals surface area contributed by atoms with Crippen molar-refractivity contribution in [3.8, 4) is 0 Å². The van der Waals surface area contributed by atoms with Crippen molar-refractivity contribution in [3.05, 3.63) is 45.5 Å². The van der Waals surface area contributed by atoms with Crippen LogP contribution in [0.3, 0.4) is 0 Å². The number of ether oxygens (including phenoxy) is 1. The van der Waals surface area contributed by atoms with Crippen molar-refractivity contribution in [3.63, 3.8) is 0 Å². The molecule has 0 aliphatic carbocycles. The normalized spacial score (nSPS) is 16.5. The van der Waals surface area contributed by atoms with Crippen LogP contribution in [0.15, 0.2) is 28.7 Å². The van der Waals surface area contributed by atoms with Crippen LogP contribution in [0.5, 0.6) is 0 Å². The Morgan fingerprint density at radius 1 is 1.15 bits per heavy atom. The molecule has 6 heteroatoms. The fourth-order valence-corrected chi connectivity index (χ4v) is 4.06. The molecule has 2 aromatic rings. The van der Waals surface area contributed by atoms with Crippen LogP contribution in [0.2, 0.25) is 0 Å². The Labute approximate surface area is 160 Å². The zero-order chi connectivity index (χ0) is 18.6. The summed E-state index contributed by atoms with van der Waals surface area (Å²) in [6.45, 7) is 13.0. The van der Waals surface area contributed by atoms with E-state index in [0.29, 0.717) is 5.76 Å². The van der Waals surface area contributed by atoms with Crippen LogP contribution in [0, 0.1) is 6.92 Å². The summed E-state index contributed by atoms with van der Waals surface area (Å²) in [7, 11) is 0. The van der Waals surface area contributed by atoms with Gasteiger partial charge in [0.2, 0.25) is 0 Å². The second-order valence-electron chi connectivity index (χ2n) is 7.50. The van der Waals surface area contributed by atoms with E-state index in [9.17, 15) is 5.11 Å². The van der Waals surface area contributed by atoms with Crippen molar-refractivity contribution in [1.29, 1.82) is 0 Å². The van der Waals surface area contributed by atoms with Gasteiger partial charge in [-0.05, 0) is 45.0 Å². The van der Waals surface area contributed by atoms with Crippen molar-refractivity contribution in [1.82, 2.24) is 9.80 Å². The lowest BCUT2D eigenvalue weighted by atomic mass is 10.1. The highest BCUT2D eigenvalue weighted by Gasteiger charge is 2.21. The van der Waals surface area contributed by atoms with E-state index in [0.717, 1.165) is 58.2 Å². The number of nitrogens with zero attached hydrogens (tertiary/aromatic N) is 2. The molecule has 144 valence electrons. The van der Waals surface area contributed by atoms with Crippen molar-refractivity contribution in [2.24, 2.45) is 0 Å². The summed E-state index contributed by atoms with van der Waals surface area (Å²) in [4.78, 5) is 7.60. The lowest BCUT2D eigenvalue weighted by molar-refractivity contribution is 0.0316. The zero-order valence-corrected chi connectivity index (χ0v) is 16.8. The molecule has 3 heterocycles. The Hall–Kier alpha value is -1.18. The number of morpholine rings is 1. The Morgan fingerprint density at radius 3 is 2.54 bits per heavy atom. The van der Waals surface area contributed by atoms with Crippen LogP contribution in [0.4, 0.5) is 0 Å². The molecule has 0 aromatic carbocycles. The molecular formula is C20H30N2O3S. The minimum absolute atomic E-state index is 0.618. The Bertz CT molecular complexity index is 683. The fraction of sp³-hybridized carbons (Fsp3) is 0.600. The van der Waals surface area contributed by atoms with Crippen LogP contribution in [0.1, 0.15) is 35.1 Å². The van der Waals surface area contributed by atoms with Gasteiger partial charge in [0, 0.05) is 42.5 Å². The minimum atomic E-state index is -0.943. The Kier molecular flexibility index (Phi) is 6.53. The summed E-state index contributed by atoms with van der Waals surface area (Å²) >= 11 is 1.85. The first-order valence-electron chi connectivity index (χ1n) is 9.29. The summed E-state index contributed by atoms with van der Waals surface area (Å²) in [5, 5.41) is 10.1. The zero-order valence-electron chi connectivity index (χ0n) is 16.0. The highest BCUT2D eigenvalue weighted by atomic mass is 32.1. The lowest BCUT2D eigenvalue weighted by Crippen LogP contribution is -2.41. The predicted molar refractivity (Wildman–Crippen MR) is 104 cm³/mol. The van der Waals surface area contributed by atoms with E-state index in [2.05, 4.69) is 28.9 Å². The number of hydrogen-bond acceptors (Lipinski definition) is 6. The van der Waals surface area contributed by atoms with Gasteiger partial charge >= 0.3 is 0 Å². The summed E-state index contributed by atoms with van der Waals surface area (Å²) in [5.41, 5.74) is -0.943. The van der Waals surface area contributed by atoms with Gasteiger partial charge in [-0.3, -0.25) is 9.80 Å². The SMILES string of the molecule is Cc1ccc(CN(CCN2CCOCC2)Cc2ccc(C(C)(C)O)o2)s1. The first-order valence-corrected chi connectivity index (χ1v) is 10.1. The van der Waals surface area contributed by atoms with E-state index in [1.807, 2.05) is 23.5 Å². The van der Waals surface area contributed by atoms with E-state index in [-0.39, 0.29) is 0 Å². The first-order chi connectivity index (χ1) is 12.4. The number of hydrogen-bond donors (Lipinski definition) is 1. The summed E-state index contributed by atoms with van der Waals surface area (Å²) < 4.78 is 11.3. The lowest BCUT2D eigenvalue weighted by Gasteiger charge is -2.29. The highest BCUT2D eigenvalue weighted by Crippen LogP contribution is 2.24. The van der Waals surface area contributed by atoms with Gasteiger partial charge in [-0.15, -0.1) is 11.3 Å². The van der Waals surface area contributed by atoms with Gasteiger partial charge in [0.25, 0.3) is 0 Å². The number of rotatable bonds is 8. The van der Waals surface area contributed by atoms with Crippen molar-refractivity contribution in [2.45, 2.75) is 39.5 Å². The molecule has 26 heavy (non-hydrogen) atoms. The number of thiophene rings is 1. The minimum Gasteiger partial charge on any atom is -0.462 e. The molecule has 0 bridgehead atoms. The van der Waals surface area contributed by atoms with E-state index < -0.39 is 5.60 Å². The van der Waals surface area contributed by atoms with Gasteiger partial charge in [0.1, 0.15) is 17.1 Å². The summed E-state index contributed by atoms with van der Waals surface area (Å²) in [6.07, 6.45) is 0. The van der Waals surface area contributed by atoms with Crippen LogP contribution >= 0.6 is 11.3 Å². The van der Waals surface area contributed by atoms with Crippen LogP contribution in [-0.2, 0) is 23.4 Å². The fourth-order valence-electron chi connectivity index (χ4n) is 3.12. The molecule has 2 aromatic heterocycles. The molecule has 0 spiro atoms. The van der Waals surface area contributed by atoms with E-state index in [4.69, 9.17) is 9.15 Å². The quantitative estimate of drug-likeness (QED) is 0.764. The van der Waals surface area contributed by atoms with Gasteiger partial charge in [-0.25, -0.2) is 0 Å². The smallest absolute Gasteiger partial charge is 0.135 e. The molecule has 1 fully saturated rings. The van der Waals surface area contributed by atoms with Crippen LogP contribution in [-0.4, -0.2) is 54.3 Å². The molecule has 3 rings (SSSR count). The van der Waals surface area contributed by atoms with Gasteiger partial charge in [-0.2, -0.15) is 0 Å². The summed E-state index contributed by atoms with van der Waals surface area (Å²) in [6, 6.07) is 8.26. The largest absolute Gasteiger partial charge is 0.462 e. The topological polar surface area (TPSA) is 49.1 Å². The van der Waals surface area contributed by atoms with Crippen LogP contribution in [0.25, 0.3) is 0 Å². The molecule has 1 N–H and O–H groups in total. The van der Waals surface area contributed by atoms with Gasteiger partial charge in [0.15, 0.2) is 0 Å². The number of furan rings is 1.